The lowest BCUT2D eigenvalue weighted by Crippen LogP contribution is -2.22. The summed E-state index contributed by atoms with van der Waals surface area (Å²) in [6.45, 7) is 1.10. The molecule has 0 amide bonds. The Labute approximate surface area is 112 Å². The average Bonchev–Trinajstić information content (AvgIpc) is 2.96. The number of halogens is 1. The van der Waals surface area contributed by atoms with Crippen molar-refractivity contribution in [3.05, 3.63) is 21.2 Å². The molecule has 18 heavy (non-hydrogen) atoms. The van der Waals surface area contributed by atoms with Gasteiger partial charge < -0.3 is 20.3 Å². The Bertz CT molecular complexity index is 508. The van der Waals surface area contributed by atoms with Gasteiger partial charge in [-0.2, -0.15) is 0 Å². The number of nitrogens with two attached hydrogens (primary N) is 1. The molecule has 6 heteroatoms. The van der Waals surface area contributed by atoms with Crippen LogP contribution in [0.1, 0.15) is 22.7 Å². The number of benzene rings is 1. The van der Waals surface area contributed by atoms with Crippen molar-refractivity contribution in [2.24, 2.45) is 5.73 Å². The molecule has 2 aliphatic heterocycles. The summed E-state index contributed by atoms with van der Waals surface area (Å²) in [6, 6.07) is -1.07. The second kappa shape index (κ2) is 4.13. The van der Waals surface area contributed by atoms with Gasteiger partial charge in [-0.1, -0.05) is 0 Å². The number of carboxylic acid groups (broad SMARTS) is 1. The maximum absolute atomic E-state index is 11.2. The molecule has 1 aromatic rings. The SMILES string of the molecule is NC(C(=O)O)c1c2c(c(Br)c3c1OCC3)OCC2. The van der Waals surface area contributed by atoms with Crippen LogP contribution in [-0.4, -0.2) is 24.3 Å². The quantitative estimate of drug-likeness (QED) is 0.862. The molecule has 5 nitrogen and oxygen atoms in total. The van der Waals surface area contributed by atoms with Crippen LogP contribution in [0.2, 0.25) is 0 Å². The zero-order chi connectivity index (χ0) is 12.9. The summed E-state index contributed by atoms with van der Waals surface area (Å²) in [7, 11) is 0. The molecule has 0 fully saturated rings. The number of hydrogen-bond donors (Lipinski definition) is 2. The summed E-state index contributed by atoms with van der Waals surface area (Å²) >= 11 is 3.51. The van der Waals surface area contributed by atoms with E-state index in [1.165, 1.54) is 0 Å². The van der Waals surface area contributed by atoms with Crippen LogP contribution in [0.3, 0.4) is 0 Å². The van der Waals surface area contributed by atoms with Gasteiger partial charge in [0.15, 0.2) is 0 Å². The third kappa shape index (κ3) is 1.52. The van der Waals surface area contributed by atoms with Gasteiger partial charge in [-0.25, -0.2) is 0 Å². The highest BCUT2D eigenvalue weighted by Crippen LogP contribution is 2.48. The Morgan fingerprint density at radius 3 is 2.50 bits per heavy atom. The fraction of sp³-hybridized carbons (Fsp3) is 0.417. The third-order valence-corrected chi connectivity index (χ3v) is 4.19. The summed E-state index contributed by atoms with van der Waals surface area (Å²) in [5.41, 5.74) is 8.18. The lowest BCUT2D eigenvalue weighted by molar-refractivity contribution is -0.138. The average molecular weight is 314 g/mol. The van der Waals surface area contributed by atoms with Gasteiger partial charge in [-0.05, 0) is 15.9 Å². The van der Waals surface area contributed by atoms with E-state index in [2.05, 4.69) is 15.9 Å². The Morgan fingerprint density at radius 1 is 1.22 bits per heavy atom. The van der Waals surface area contributed by atoms with Gasteiger partial charge in [-0.3, -0.25) is 4.79 Å². The summed E-state index contributed by atoms with van der Waals surface area (Å²) < 4.78 is 12.0. The zero-order valence-corrected chi connectivity index (χ0v) is 11.1. The Balaban J connectivity index is 2.27. The summed E-state index contributed by atoms with van der Waals surface area (Å²) in [5, 5.41) is 9.13. The molecule has 3 N–H and O–H groups in total. The molecule has 1 unspecified atom stereocenters. The largest absolute Gasteiger partial charge is 0.493 e. The first-order valence-corrected chi connectivity index (χ1v) is 6.51. The molecule has 96 valence electrons. The number of carboxylic acids is 1. The first kappa shape index (κ1) is 11.8. The van der Waals surface area contributed by atoms with Crippen molar-refractivity contribution in [2.45, 2.75) is 18.9 Å². The van der Waals surface area contributed by atoms with Gasteiger partial charge in [0.1, 0.15) is 17.5 Å². The number of carbonyl (C=O) groups is 1. The van der Waals surface area contributed by atoms with Crippen LogP contribution >= 0.6 is 15.9 Å². The first-order chi connectivity index (χ1) is 8.61. The van der Waals surface area contributed by atoms with Crippen LogP contribution in [0.5, 0.6) is 11.5 Å². The second-order valence-corrected chi connectivity index (χ2v) is 5.15. The van der Waals surface area contributed by atoms with E-state index in [0.717, 1.165) is 27.8 Å². The van der Waals surface area contributed by atoms with Crippen LogP contribution in [0.4, 0.5) is 0 Å². The monoisotopic (exact) mass is 313 g/mol. The minimum atomic E-state index is -1.07. The highest BCUT2D eigenvalue weighted by Gasteiger charge is 2.34. The van der Waals surface area contributed by atoms with Gasteiger partial charge in [-0.15, -0.1) is 0 Å². The maximum atomic E-state index is 11.2. The van der Waals surface area contributed by atoms with Crippen molar-refractivity contribution in [2.75, 3.05) is 13.2 Å². The van der Waals surface area contributed by atoms with E-state index in [1.807, 2.05) is 0 Å². The van der Waals surface area contributed by atoms with E-state index in [-0.39, 0.29) is 0 Å². The number of hydrogen-bond acceptors (Lipinski definition) is 4. The van der Waals surface area contributed by atoms with Gasteiger partial charge in [0.05, 0.1) is 17.7 Å². The van der Waals surface area contributed by atoms with Crippen LogP contribution in [0.25, 0.3) is 0 Å². The molecule has 1 aromatic carbocycles. The lowest BCUT2D eigenvalue weighted by atomic mass is 9.94. The molecule has 0 aliphatic carbocycles. The van der Waals surface area contributed by atoms with E-state index < -0.39 is 12.0 Å². The predicted octanol–water partition coefficient (Wildman–Crippen LogP) is 1.40. The molecule has 3 rings (SSSR count). The van der Waals surface area contributed by atoms with Crippen LogP contribution in [0, 0.1) is 0 Å². The fourth-order valence-electron chi connectivity index (χ4n) is 2.54. The first-order valence-electron chi connectivity index (χ1n) is 5.72. The van der Waals surface area contributed by atoms with E-state index in [0.29, 0.717) is 30.9 Å². The van der Waals surface area contributed by atoms with Gasteiger partial charge >= 0.3 is 5.97 Å². The fourth-order valence-corrected chi connectivity index (χ4v) is 3.27. The van der Waals surface area contributed by atoms with Gasteiger partial charge in [0, 0.05) is 29.5 Å². The molecule has 1 atom stereocenters. The van der Waals surface area contributed by atoms with Crippen molar-refractivity contribution >= 4 is 21.9 Å². The summed E-state index contributed by atoms with van der Waals surface area (Å²) in [4.78, 5) is 11.2. The summed E-state index contributed by atoms with van der Waals surface area (Å²) in [5.74, 6) is 0.302. The highest BCUT2D eigenvalue weighted by molar-refractivity contribution is 9.10. The van der Waals surface area contributed by atoms with Crippen molar-refractivity contribution in [3.63, 3.8) is 0 Å². The Kier molecular flexibility index (Phi) is 2.71. The maximum Gasteiger partial charge on any atom is 0.325 e. The van der Waals surface area contributed by atoms with E-state index in [9.17, 15) is 4.79 Å². The molecule has 0 bridgehead atoms. The Hall–Kier alpha value is -1.27. The van der Waals surface area contributed by atoms with Crippen molar-refractivity contribution in [1.82, 2.24) is 0 Å². The molecule has 0 aromatic heterocycles. The molecule has 2 heterocycles. The standard InChI is InChI=1S/C12H12BrNO4/c13-8-6-2-4-17-10(6)7(9(14)12(15)16)5-1-3-18-11(5)8/h9H,1-4,14H2,(H,15,16). The van der Waals surface area contributed by atoms with Gasteiger partial charge in [0.25, 0.3) is 0 Å². The van der Waals surface area contributed by atoms with Crippen LogP contribution in [0.15, 0.2) is 4.47 Å². The van der Waals surface area contributed by atoms with Crippen molar-refractivity contribution in [3.8, 4) is 11.5 Å². The molecule has 0 spiro atoms. The molecular formula is C12H12BrNO4. The van der Waals surface area contributed by atoms with Crippen LogP contribution < -0.4 is 15.2 Å². The van der Waals surface area contributed by atoms with Crippen LogP contribution in [-0.2, 0) is 17.6 Å². The molecule has 0 saturated carbocycles. The lowest BCUT2D eigenvalue weighted by Gasteiger charge is -2.17. The third-order valence-electron chi connectivity index (χ3n) is 3.36. The molecule has 0 radical (unpaired) electrons. The number of fused-ring (bicyclic) bond motifs is 2. The highest BCUT2D eigenvalue weighted by atomic mass is 79.9. The Morgan fingerprint density at radius 2 is 1.83 bits per heavy atom. The number of aliphatic carboxylic acids is 1. The van der Waals surface area contributed by atoms with Crippen molar-refractivity contribution in [1.29, 1.82) is 0 Å². The smallest absolute Gasteiger partial charge is 0.325 e. The predicted molar refractivity (Wildman–Crippen MR) is 67.1 cm³/mol. The van der Waals surface area contributed by atoms with E-state index >= 15 is 0 Å². The number of rotatable bonds is 2. The normalized spacial score (nSPS) is 17.7. The van der Waals surface area contributed by atoms with Gasteiger partial charge in [0.2, 0.25) is 0 Å². The number of ether oxygens (including phenoxy) is 2. The summed E-state index contributed by atoms with van der Waals surface area (Å²) in [6.07, 6.45) is 1.41. The topological polar surface area (TPSA) is 81.8 Å². The molecule has 0 saturated heterocycles. The van der Waals surface area contributed by atoms with E-state index in [1.54, 1.807) is 0 Å². The molecule has 2 aliphatic rings. The minimum absolute atomic E-state index is 0.552. The second-order valence-electron chi connectivity index (χ2n) is 4.36. The van der Waals surface area contributed by atoms with E-state index in [4.69, 9.17) is 20.3 Å². The minimum Gasteiger partial charge on any atom is -0.493 e. The zero-order valence-electron chi connectivity index (χ0n) is 9.53. The molecular weight excluding hydrogens is 302 g/mol. The van der Waals surface area contributed by atoms with Crippen molar-refractivity contribution < 1.29 is 19.4 Å².